The van der Waals surface area contributed by atoms with Crippen molar-refractivity contribution in [1.29, 1.82) is 0 Å². The predicted octanol–water partition coefficient (Wildman–Crippen LogP) is 1.67. The summed E-state index contributed by atoms with van der Waals surface area (Å²) in [6, 6.07) is 10.3. The lowest BCUT2D eigenvalue weighted by molar-refractivity contribution is 0.0300. The van der Waals surface area contributed by atoms with Gasteiger partial charge in [0.15, 0.2) is 0 Å². The monoisotopic (exact) mass is 447 g/mol. The zero-order valence-corrected chi connectivity index (χ0v) is 18.4. The summed E-state index contributed by atoms with van der Waals surface area (Å²) >= 11 is 0. The molecule has 0 radical (unpaired) electrons. The molecule has 2 amide bonds. The third-order valence-corrected chi connectivity index (χ3v) is 6.18. The van der Waals surface area contributed by atoms with Crippen LogP contribution in [0.3, 0.4) is 0 Å². The molecule has 0 aromatic heterocycles. The van der Waals surface area contributed by atoms with Gasteiger partial charge in [-0.1, -0.05) is 0 Å². The van der Waals surface area contributed by atoms with Gasteiger partial charge in [0, 0.05) is 38.4 Å². The largest absolute Gasteiger partial charge is 0.496 e. The Morgan fingerprint density at radius 2 is 1.71 bits per heavy atom. The molecule has 1 aliphatic heterocycles. The van der Waals surface area contributed by atoms with Crippen LogP contribution in [0.2, 0.25) is 0 Å². The van der Waals surface area contributed by atoms with Gasteiger partial charge in [-0.05, 0) is 42.5 Å². The van der Waals surface area contributed by atoms with E-state index in [0.29, 0.717) is 43.3 Å². The number of carbonyl (C=O) groups excluding carboxylic acids is 2. The molecule has 0 bridgehead atoms. The normalized spacial score (nSPS) is 14.1. The summed E-state index contributed by atoms with van der Waals surface area (Å²) in [6.45, 7) is 1.71. The number of benzene rings is 2. The van der Waals surface area contributed by atoms with E-state index in [1.54, 1.807) is 31.1 Å². The summed E-state index contributed by atoms with van der Waals surface area (Å²) in [6.07, 6.45) is 0. The number of hydrogen-bond donors (Lipinski definition) is 1. The fourth-order valence-electron chi connectivity index (χ4n) is 3.11. The quantitative estimate of drug-likeness (QED) is 0.722. The van der Waals surface area contributed by atoms with Gasteiger partial charge in [0.05, 0.1) is 30.8 Å². The summed E-state index contributed by atoms with van der Waals surface area (Å²) in [7, 11) is 0.729. The molecule has 2 aromatic carbocycles. The average molecular weight is 448 g/mol. The smallest absolute Gasteiger partial charge is 0.261 e. The maximum atomic E-state index is 12.9. The lowest BCUT2D eigenvalue weighted by atomic mass is 10.1. The fraction of sp³-hybridized carbons (Fsp3) is 0.333. The van der Waals surface area contributed by atoms with Crippen molar-refractivity contribution >= 4 is 27.5 Å². The molecule has 1 aliphatic rings. The van der Waals surface area contributed by atoms with E-state index in [-0.39, 0.29) is 22.3 Å². The number of amides is 2. The van der Waals surface area contributed by atoms with Crippen LogP contribution in [0, 0.1) is 0 Å². The highest BCUT2D eigenvalue weighted by Crippen LogP contribution is 2.26. The Kier molecular flexibility index (Phi) is 6.81. The van der Waals surface area contributed by atoms with Crippen molar-refractivity contribution in [1.82, 2.24) is 9.80 Å². The van der Waals surface area contributed by atoms with Crippen molar-refractivity contribution in [2.75, 3.05) is 52.2 Å². The number of anilines is 1. The van der Waals surface area contributed by atoms with Crippen LogP contribution in [0.4, 0.5) is 5.69 Å². The predicted molar refractivity (Wildman–Crippen MR) is 115 cm³/mol. The number of nitrogens with one attached hydrogen (secondary N) is 1. The minimum atomic E-state index is -3.97. The van der Waals surface area contributed by atoms with Gasteiger partial charge in [-0.2, -0.15) is 0 Å². The first-order valence-corrected chi connectivity index (χ1v) is 11.1. The maximum Gasteiger partial charge on any atom is 0.261 e. The van der Waals surface area contributed by atoms with E-state index in [1.165, 1.54) is 42.3 Å². The van der Waals surface area contributed by atoms with Crippen molar-refractivity contribution < 1.29 is 27.5 Å². The highest BCUT2D eigenvalue weighted by atomic mass is 32.2. The zero-order chi connectivity index (χ0) is 22.6. The van der Waals surface area contributed by atoms with Crippen LogP contribution in [0.1, 0.15) is 20.7 Å². The third kappa shape index (κ3) is 5.15. The van der Waals surface area contributed by atoms with Gasteiger partial charge >= 0.3 is 0 Å². The Bertz CT molecular complexity index is 1060. The van der Waals surface area contributed by atoms with Crippen LogP contribution >= 0.6 is 0 Å². The minimum Gasteiger partial charge on any atom is -0.496 e. The number of rotatable bonds is 6. The van der Waals surface area contributed by atoms with Crippen molar-refractivity contribution in [3.63, 3.8) is 0 Å². The molecular formula is C21H25N3O6S. The Hall–Kier alpha value is -3.11. The maximum absolute atomic E-state index is 12.9. The van der Waals surface area contributed by atoms with E-state index in [4.69, 9.17) is 9.47 Å². The van der Waals surface area contributed by atoms with Crippen LogP contribution in [0.15, 0.2) is 47.4 Å². The molecule has 1 N–H and O–H groups in total. The van der Waals surface area contributed by atoms with E-state index < -0.39 is 10.0 Å². The Labute approximate surface area is 181 Å². The van der Waals surface area contributed by atoms with E-state index in [9.17, 15) is 18.0 Å². The SMILES string of the molecule is COc1ccc(S(=O)(=O)Nc2ccc(C(=O)N(C)C)cc2)cc1C(=O)N1CCOCC1. The molecule has 0 saturated carbocycles. The summed E-state index contributed by atoms with van der Waals surface area (Å²) in [5.41, 5.74) is 0.905. The second kappa shape index (κ2) is 9.36. The lowest BCUT2D eigenvalue weighted by Crippen LogP contribution is -2.40. The van der Waals surface area contributed by atoms with Gasteiger partial charge in [0.1, 0.15) is 5.75 Å². The van der Waals surface area contributed by atoms with Crippen LogP contribution in [-0.4, -0.2) is 77.5 Å². The van der Waals surface area contributed by atoms with Gasteiger partial charge in [0.2, 0.25) is 0 Å². The van der Waals surface area contributed by atoms with E-state index in [0.717, 1.165) is 0 Å². The number of sulfonamides is 1. The molecule has 2 aromatic rings. The standard InChI is InChI=1S/C21H25N3O6S/c1-23(2)20(25)15-4-6-16(7-5-15)22-31(27,28)17-8-9-19(29-3)18(14-17)21(26)24-10-12-30-13-11-24/h4-9,14,22H,10-13H2,1-3H3. The summed E-state index contributed by atoms with van der Waals surface area (Å²) in [5.74, 6) is -0.207. The molecule has 0 aliphatic carbocycles. The fourth-order valence-corrected chi connectivity index (χ4v) is 4.20. The molecule has 0 unspecified atom stereocenters. The van der Waals surface area contributed by atoms with Gasteiger partial charge in [-0.3, -0.25) is 14.3 Å². The first-order chi connectivity index (χ1) is 14.7. The number of methoxy groups -OCH3 is 1. The van der Waals surface area contributed by atoms with E-state index in [1.807, 2.05) is 0 Å². The van der Waals surface area contributed by atoms with Gasteiger partial charge in [-0.25, -0.2) is 8.42 Å². The van der Waals surface area contributed by atoms with Gasteiger partial charge < -0.3 is 19.3 Å². The Morgan fingerprint density at radius 3 is 2.29 bits per heavy atom. The summed E-state index contributed by atoms with van der Waals surface area (Å²) in [5, 5.41) is 0. The number of hydrogen-bond acceptors (Lipinski definition) is 6. The first kappa shape index (κ1) is 22.6. The molecule has 9 nitrogen and oxygen atoms in total. The molecule has 3 rings (SSSR count). The third-order valence-electron chi connectivity index (χ3n) is 4.80. The number of nitrogens with zero attached hydrogens (tertiary/aromatic N) is 2. The molecule has 1 fully saturated rings. The van der Waals surface area contributed by atoms with Crippen LogP contribution < -0.4 is 9.46 Å². The Balaban J connectivity index is 1.85. The summed E-state index contributed by atoms with van der Waals surface area (Å²) in [4.78, 5) is 27.9. The second-order valence-corrected chi connectivity index (χ2v) is 8.83. The first-order valence-electron chi connectivity index (χ1n) is 9.62. The Morgan fingerprint density at radius 1 is 1.06 bits per heavy atom. The number of ether oxygens (including phenoxy) is 2. The highest BCUT2D eigenvalue weighted by molar-refractivity contribution is 7.92. The molecule has 0 atom stereocenters. The number of carbonyl (C=O) groups is 2. The van der Waals surface area contributed by atoms with Crippen LogP contribution in [0.5, 0.6) is 5.75 Å². The molecule has 1 saturated heterocycles. The van der Waals surface area contributed by atoms with Crippen molar-refractivity contribution in [3.05, 3.63) is 53.6 Å². The van der Waals surface area contributed by atoms with Crippen LogP contribution in [0.25, 0.3) is 0 Å². The summed E-state index contributed by atoms with van der Waals surface area (Å²) < 4.78 is 38.8. The van der Waals surface area contributed by atoms with Gasteiger partial charge in [0.25, 0.3) is 21.8 Å². The van der Waals surface area contributed by atoms with Crippen molar-refractivity contribution in [3.8, 4) is 5.75 Å². The molecule has 10 heteroatoms. The van der Waals surface area contributed by atoms with Crippen LogP contribution in [-0.2, 0) is 14.8 Å². The van der Waals surface area contributed by atoms with E-state index in [2.05, 4.69) is 4.72 Å². The lowest BCUT2D eigenvalue weighted by Gasteiger charge is -2.27. The second-order valence-electron chi connectivity index (χ2n) is 7.15. The number of morpholine rings is 1. The van der Waals surface area contributed by atoms with Crippen molar-refractivity contribution in [2.45, 2.75) is 4.90 Å². The zero-order valence-electron chi connectivity index (χ0n) is 17.6. The molecule has 1 heterocycles. The van der Waals surface area contributed by atoms with Crippen molar-refractivity contribution in [2.24, 2.45) is 0 Å². The minimum absolute atomic E-state index is 0.0710. The highest BCUT2D eigenvalue weighted by Gasteiger charge is 2.25. The molecular weight excluding hydrogens is 422 g/mol. The molecule has 166 valence electrons. The van der Waals surface area contributed by atoms with E-state index >= 15 is 0 Å². The topological polar surface area (TPSA) is 105 Å². The van der Waals surface area contributed by atoms with Gasteiger partial charge in [-0.15, -0.1) is 0 Å². The average Bonchev–Trinajstić information content (AvgIpc) is 2.78. The molecule has 31 heavy (non-hydrogen) atoms. The molecule has 0 spiro atoms.